The Balaban J connectivity index is 1.86. The van der Waals surface area contributed by atoms with Crippen molar-refractivity contribution in [1.82, 2.24) is 0 Å². The highest BCUT2D eigenvalue weighted by molar-refractivity contribution is 5.60. The van der Waals surface area contributed by atoms with E-state index in [9.17, 15) is 4.39 Å². The first-order valence-electron chi connectivity index (χ1n) is 5.95. The van der Waals surface area contributed by atoms with Crippen molar-refractivity contribution in [3.05, 3.63) is 29.6 Å². The fraction of sp³-hybridized carbons (Fsp3) is 0.462. The third-order valence-corrected chi connectivity index (χ3v) is 3.43. The van der Waals surface area contributed by atoms with Crippen molar-refractivity contribution < 1.29 is 13.9 Å². The third-order valence-electron chi connectivity index (χ3n) is 3.43. The van der Waals surface area contributed by atoms with Crippen LogP contribution in [0.25, 0.3) is 0 Å². The molecule has 2 heterocycles. The van der Waals surface area contributed by atoms with Crippen molar-refractivity contribution in [1.29, 1.82) is 5.26 Å². The second kappa shape index (κ2) is 4.23. The molecule has 18 heavy (non-hydrogen) atoms. The highest BCUT2D eigenvalue weighted by Gasteiger charge is 2.43. The summed E-state index contributed by atoms with van der Waals surface area (Å²) in [4.78, 5) is 2.02. The summed E-state index contributed by atoms with van der Waals surface area (Å²) in [6, 6.07) is 6.30. The molecule has 0 radical (unpaired) electrons. The largest absolute Gasteiger partial charge is 0.365 e. The fourth-order valence-corrected chi connectivity index (χ4v) is 2.57. The van der Waals surface area contributed by atoms with Crippen molar-refractivity contribution in [2.24, 2.45) is 0 Å². The van der Waals surface area contributed by atoms with Crippen LogP contribution in [0.3, 0.4) is 0 Å². The Labute approximate surface area is 105 Å². The summed E-state index contributed by atoms with van der Waals surface area (Å²) >= 11 is 0. The first-order chi connectivity index (χ1) is 8.72. The van der Waals surface area contributed by atoms with E-state index in [-0.39, 0.29) is 0 Å². The number of rotatable bonds is 1. The van der Waals surface area contributed by atoms with E-state index in [2.05, 4.69) is 0 Å². The third kappa shape index (κ3) is 1.84. The van der Waals surface area contributed by atoms with Crippen molar-refractivity contribution in [2.45, 2.75) is 12.2 Å². The first kappa shape index (κ1) is 11.5. The molecule has 0 saturated carbocycles. The van der Waals surface area contributed by atoms with Gasteiger partial charge in [0.05, 0.1) is 31.0 Å². The first-order valence-corrected chi connectivity index (χ1v) is 5.95. The fourth-order valence-electron chi connectivity index (χ4n) is 2.57. The van der Waals surface area contributed by atoms with Crippen LogP contribution >= 0.6 is 0 Å². The molecule has 0 N–H and O–H groups in total. The Morgan fingerprint density at radius 1 is 1.33 bits per heavy atom. The Morgan fingerprint density at radius 3 is 2.83 bits per heavy atom. The number of nitriles is 1. The predicted octanol–water partition coefficient (Wildman–Crippen LogP) is 1.65. The summed E-state index contributed by atoms with van der Waals surface area (Å²) < 4.78 is 24.4. The molecule has 0 aliphatic carbocycles. The van der Waals surface area contributed by atoms with Crippen LogP contribution < -0.4 is 4.90 Å². The second-order valence-electron chi connectivity index (χ2n) is 4.55. The lowest BCUT2D eigenvalue weighted by Crippen LogP contribution is -2.34. The van der Waals surface area contributed by atoms with E-state index >= 15 is 0 Å². The van der Waals surface area contributed by atoms with Crippen molar-refractivity contribution in [2.75, 3.05) is 31.2 Å². The number of halogens is 1. The molecule has 1 aromatic carbocycles. The summed E-state index contributed by atoms with van der Waals surface area (Å²) in [5.74, 6) is -0.918. The molecule has 4 nitrogen and oxygen atoms in total. The lowest BCUT2D eigenvalue weighted by Gasteiger charge is -2.24. The van der Waals surface area contributed by atoms with Gasteiger partial charge in [0.15, 0.2) is 5.79 Å². The van der Waals surface area contributed by atoms with Gasteiger partial charge in [-0.15, -0.1) is 0 Å². The maximum absolute atomic E-state index is 13.1. The average molecular weight is 248 g/mol. The molecule has 0 aromatic heterocycles. The van der Waals surface area contributed by atoms with E-state index < -0.39 is 11.6 Å². The van der Waals surface area contributed by atoms with E-state index in [1.807, 2.05) is 11.0 Å². The highest BCUT2D eigenvalue weighted by atomic mass is 19.1. The summed E-state index contributed by atoms with van der Waals surface area (Å²) in [6.07, 6.45) is 0.773. The minimum absolute atomic E-state index is 0.352. The molecular formula is C13H13FN2O2. The quantitative estimate of drug-likeness (QED) is 0.758. The highest BCUT2D eigenvalue weighted by Crippen LogP contribution is 2.34. The van der Waals surface area contributed by atoms with Gasteiger partial charge in [-0.1, -0.05) is 0 Å². The predicted molar refractivity (Wildman–Crippen MR) is 62.6 cm³/mol. The molecule has 0 unspecified atom stereocenters. The maximum Gasteiger partial charge on any atom is 0.187 e. The average Bonchev–Trinajstić information content (AvgIpc) is 3.00. The summed E-state index contributed by atoms with van der Waals surface area (Å²) in [5.41, 5.74) is 1.10. The van der Waals surface area contributed by atoms with Gasteiger partial charge in [0, 0.05) is 13.0 Å². The van der Waals surface area contributed by atoms with E-state index in [1.54, 1.807) is 6.07 Å². The van der Waals surface area contributed by atoms with Crippen LogP contribution in [0.2, 0.25) is 0 Å². The van der Waals surface area contributed by atoms with Crippen molar-refractivity contribution in [3.8, 4) is 6.07 Å². The number of anilines is 1. The van der Waals surface area contributed by atoms with Gasteiger partial charge in [0.25, 0.3) is 0 Å². The summed E-state index contributed by atoms with van der Waals surface area (Å²) in [6.45, 7) is 2.57. The van der Waals surface area contributed by atoms with Gasteiger partial charge < -0.3 is 14.4 Å². The number of benzene rings is 1. The Morgan fingerprint density at radius 2 is 2.11 bits per heavy atom. The van der Waals surface area contributed by atoms with Crippen LogP contribution in [0.1, 0.15) is 12.0 Å². The smallest absolute Gasteiger partial charge is 0.187 e. The van der Waals surface area contributed by atoms with Crippen LogP contribution in [0.5, 0.6) is 0 Å². The van der Waals surface area contributed by atoms with Crippen LogP contribution in [0, 0.1) is 17.1 Å². The monoisotopic (exact) mass is 248 g/mol. The van der Waals surface area contributed by atoms with Gasteiger partial charge in [0.1, 0.15) is 11.9 Å². The topological polar surface area (TPSA) is 45.5 Å². The van der Waals surface area contributed by atoms with E-state index in [4.69, 9.17) is 14.7 Å². The molecule has 2 fully saturated rings. The second-order valence-corrected chi connectivity index (χ2v) is 4.55. The molecule has 3 rings (SSSR count). The molecule has 94 valence electrons. The van der Waals surface area contributed by atoms with E-state index in [0.29, 0.717) is 25.3 Å². The maximum atomic E-state index is 13.1. The van der Waals surface area contributed by atoms with Crippen LogP contribution in [0.4, 0.5) is 10.1 Å². The lowest BCUT2D eigenvalue weighted by atomic mass is 10.1. The number of nitrogens with zero attached hydrogens (tertiary/aromatic N) is 2. The van der Waals surface area contributed by atoms with Gasteiger partial charge >= 0.3 is 0 Å². The summed E-state index contributed by atoms with van der Waals surface area (Å²) in [7, 11) is 0. The molecule has 0 bridgehead atoms. The van der Waals surface area contributed by atoms with Gasteiger partial charge in [-0.3, -0.25) is 0 Å². The zero-order valence-corrected chi connectivity index (χ0v) is 9.86. The zero-order chi connectivity index (χ0) is 12.6. The zero-order valence-electron chi connectivity index (χ0n) is 9.86. The Hall–Kier alpha value is -1.64. The Bertz CT molecular complexity index is 506. The van der Waals surface area contributed by atoms with Gasteiger partial charge in [-0.05, 0) is 18.2 Å². The van der Waals surface area contributed by atoms with Gasteiger partial charge in [-0.25, -0.2) is 4.39 Å². The Kier molecular flexibility index (Phi) is 2.69. The molecular weight excluding hydrogens is 235 g/mol. The van der Waals surface area contributed by atoms with Crippen molar-refractivity contribution >= 4 is 5.69 Å². The SMILES string of the molecule is N#Cc1cc(F)ccc1N1CCC2(C1)OCCO2. The van der Waals surface area contributed by atoms with Crippen LogP contribution in [-0.2, 0) is 9.47 Å². The minimum atomic E-state index is -0.527. The molecule has 0 amide bonds. The molecule has 0 atom stereocenters. The van der Waals surface area contributed by atoms with Crippen molar-refractivity contribution in [3.63, 3.8) is 0 Å². The molecule has 2 saturated heterocycles. The summed E-state index contributed by atoms with van der Waals surface area (Å²) in [5, 5.41) is 9.05. The molecule has 2 aliphatic heterocycles. The van der Waals surface area contributed by atoms with Gasteiger partial charge in [0.2, 0.25) is 0 Å². The number of ether oxygens (including phenoxy) is 2. The number of hydrogen-bond donors (Lipinski definition) is 0. The van der Waals surface area contributed by atoms with Crippen LogP contribution in [0.15, 0.2) is 18.2 Å². The lowest BCUT2D eigenvalue weighted by molar-refractivity contribution is -0.137. The van der Waals surface area contributed by atoms with Gasteiger partial charge in [-0.2, -0.15) is 5.26 Å². The standard InChI is InChI=1S/C13H13FN2O2/c14-11-1-2-12(10(7-11)8-15)16-4-3-13(9-16)17-5-6-18-13/h1-2,7H,3-6,9H2. The van der Waals surface area contributed by atoms with E-state index in [0.717, 1.165) is 18.7 Å². The number of hydrogen-bond acceptors (Lipinski definition) is 4. The normalized spacial score (nSPS) is 21.4. The minimum Gasteiger partial charge on any atom is -0.365 e. The van der Waals surface area contributed by atoms with Crippen LogP contribution in [-0.4, -0.2) is 32.1 Å². The van der Waals surface area contributed by atoms with E-state index in [1.165, 1.54) is 12.1 Å². The molecule has 1 aromatic rings. The molecule has 1 spiro atoms. The molecule has 5 heteroatoms. The molecule has 2 aliphatic rings.